The van der Waals surface area contributed by atoms with E-state index >= 15 is 0 Å². The van der Waals surface area contributed by atoms with Gasteiger partial charge in [0.2, 0.25) is 0 Å². The molecular weight excluding hydrogens is 174 g/mol. The second-order valence-corrected chi connectivity index (χ2v) is 3.45. The molecule has 0 radical (unpaired) electrons. The average Bonchev–Trinajstić information content (AvgIpc) is 2.16. The zero-order valence-electron chi connectivity index (χ0n) is 9.00. The van der Waals surface area contributed by atoms with Crippen LogP contribution in [0.5, 0.6) is 5.75 Å². The summed E-state index contributed by atoms with van der Waals surface area (Å²) in [6.07, 6.45) is 1.74. The van der Waals surface area contributed by atoms with Gasteiger partial charge in [-0.2, -0.15) is 0 Å². The van der Waals surface area contributed by atoms with Gasteiger partial charge in [-0.15, -0.1) is 6.58 Å². The Morgan fingerprint density at radius 2 is 1.86 bits per heavy atom. The Bertz CT molecular complexity index is 321. The normalized spacial score (nSPS) is 12.3. The molecule has 1 aromatic carbocycles. The Labute approximate surface area is 85.4 Å². The number of methoxy groups -OCH3 is 1. The molecule has 0 heterocycles. The number of rotatable bonds is 3. The van der Waals surface area contributed by atoms with Gasteiger partial charge in [-0.1, -0.05) is 18.2 Å². The fourth-order valence-corrected chi connectivity index (χ4v) is 1.63. The van der Waals surface area contributed by atoms with Crippen molar-refractivity contribution >= 4 is 0 Å². The third-order valence-corrected chi connectivity index (χ3v) is 2.33. The minimum Gasteiger partial charge on any atom is -0.496 e. The van der Waals surface area contributed by atoms with Crippen molar-refractivity contribution in [2.24, 2.45) is 5.73 Å². The van der Waals surface area contributed by atoms with Crippen LogP contribution in [0.3, 0.4) is 0 Å². The molecule has 0 bridgehead atoms. The SMILES string of the molecule is C=C[C@@H](N)c1cc(C)c(OC)c(C)c1. The molecule has 0 amide bonds. The lowest BCUT2D eigenvalue weighted by atomic mass is 10.0. The van der Waals surface area contributed by atoms with E-state index in [-0.39, 0.29) is 6.04 Å². The van der Waals surface area contributed by atoms with Crippen LogP contribution < -0.4 is 10.5 Å². The van der Waals surface area contributed by atoms with Gasteiger partial charge in [-0.25, -0.2) is 0 Å². The maximum absolute atomic E-state index is 5.86. The van der Waals surface area contributed by atoms with Gasteiger partial charge in [0.25, 0.3) is 0 Å². The standard InChI is InChI=1S/C12H17NO/c1-5-11(13)10-6-8(2)12(14-4)9(3)7-10/h5-7,11H,1,13H2,2-4H3/t11-/m1/s1. The maximum atomic E-state index is 5.86. The summed E-state index contributed by atoms with van der Waals surface area (Å²) in [6, 6.07) is 3.98. The molecule has 14 heavy (non-hydrogen) atoms. The van der Waals surface area contributed by atoms with E-state index in [0.717, 1.165) is 22.4 Å². The third kappa shape index (κ3) is 1.96. The summed E-state index contributed by atoms with van der Waals surface area (Å²) < 4.78 is 5.28. The highest BCUT2D eigenvalue weighted by Crippen LogP contribution is 2.26. The molecule has 0 aromatic heterocycles. The first kappa shape index (κ1) is 10.8. The largest absolute Gasteiger partial charge is 0.496 e. The minimum atomic E-state index is -0.0988. The third-order valence-electron chi connectivity index (χ3n) is 2.33. The minimum absolute atomic E-state index is 0.0988. The van der Waals surface area contributed by atoms with Gasteiger partial charge in [0, 0.05) is 6.04 Å². The summed E-state index contributed by atoms with van der Waals surface area (Å²) in [5.74, 6) is 0.935. The monoisotopic (exact) mass is 191 g/mol. The lowest BCUT2D eigenvalue weighted by molar-refractivity contribution is 0.408. The molecular formula is C12H17NO. The van der Waals surface area contributed by atoms with Gasteiger partial charge in [-0.05, 0) is 30.5 Å². The van der Waals surface area contributed by atoms with Crippen molar-refractivity contribution in [1.82, 2.24) is 0 Å². The van der Waals surface area contributed by atoms with Crippen molar-refractivity contribution in [3.63, 3.8) is 0 Å². The van der Waals surface area contributed by atoms with Gasteiger partial charge >= 0.3 is 0 Å². The van der Waals surface area contributed by atoms with Crippen molar-refractivity contribution in [2.45, 2.75) is 19.9 Å². The predicted octanol–water partition coefficient (Wildman–Crippen LogP) is 2.50. The first-order valence-corrected chi connectivity index (χ1v) is 4.63. The molecule has 2 heteroatoms. The number of hydrogen-bond donors (Lipinski definition) is 1. The second-order valence-electron chi connectivity index (χ2n) is 3.45. The summed E-state index contributed by atoms with van der Waals surface area (Å²) in [5, 5.41) is 0. The first-order chi connectivity index (χ1) is 6.60. The molecule has 0 fully saturated rings. The van der Waals surface area contributed by atoms with E-state index in [0.29, 0.717) is 0 Å². The van der Waals surface area contributed by atoms with Crippen LogP contribution in [-0.2, 0) is 0 Å². The van der Waals surface area contributed by atoms with Crippen LogP contribution in [-0.4, -0.2) is 7.11 Å². The maximum Gasteiger partial charge on any atom is 0.124 e. The fraction of sp³-hybridized carbons (Fsp3) is 0.333. The first-order valence-electron chi connectivity index (χ1n) is 4.63. The van der Waals surface area contributed by atoms with Gasteiger partial charge in [0.1, 0.15) is 5.75 Å². The smallest absolute Gasteiger partial charge is 0.124 e. The molecule has 0 aliphatic rings. The van der Waals surface area contributed by atoms with Crippen molar-refractivity contribution in [2.75, 3.05) is 7.11 Å². The van der Waals surface area contributed by atoms with E-state index in [4.69, 9.17) is 10.5 Å². The molecule has 0 spiro atoms. The van der Waals surface area contributed by atoms with Crippen LogP contribution >= 0.6 is 0 Å². The molecule has 1 aromatic rings. The summed E-state index contributed by atoms with van der Waals surface area (Å²) in [4.78, 5) is 0. The fourth-order valence-electron chi connectivity index (χ4n) is 1.63. The summed E-state index contributed by atoms with van der Waals surface area (Å²) in [5.41, 5.74) is 9.17. The number of benzene rings is 1. The molecule has 0 saturated heterocycles. The Hall–Kier alpha value is -1.28. The highest BCUT2D eigenvalue weighted by atomic mass is 16.5. The molecule has 2 N–H and O–H groups in total. The highest BCUT2D eigenvalue weighted by molar-refractivity contribution is 5.44. The number of aryl methyl sites for hydroxylation is 2. The van der Waals surface area contributed by atoms with E-state index in [9.17, 15) is 0 Å². The zero-order chi connectivity index (χ0) is 10.7. The lowest BCUT2D eigenvalue weighted by Crippen LogP contribution is -2.07. The van der Waals surface area contributed by atoms with Crippen molar-refractivity contribution in [3.8, 4) is 5.75 Å². The van der Waals surface area contributed by atoms with E-state index in [1.54, 1.807) is 13.2 Å². The highest BCUT2D eigenvalue weighted by Gasteiger charge is 2.08. The van der Waals surface area contributed by atoms with Gasteiger partial charge in [0.15, 0.2) is 0 Å². The molecule has 0 unspecified atom stereocenters. The van der Waals surface area contributed by atoms with Crippen LogP contribution in [0.1, 0.15) is 22.7 Å². The summed E-state index contributed by atoms with van der Waals surface area (Å²) >= 11 is 0. The van der Waals surface area contributed by atoms with Crippen molar-refractivity contribution in [3.05, 3.63) is 41.5 Å². The van der Waals surface area contributed by atoms with Gasteiger partial charge in [-0.3, -0.25) is 0 Å². The number of hydrogen-bond acceptors (Lipinski definition) is 2. The molecule has 0 aliphatic heterocycles. The summed E-state index contributed by atoms with van der Waals surface area (Å²) in [7, 11) is 1.68. The van der Waals surface area contributed by atoms with E-state index in [1.165, 1.54) is 0 Å². The van der Waals surface area contributed by atoms with E-state index in [1.807, 2.05) is 26.0 Å². The van der Waals surface area contributed by atoms with Crippen molar-refractivity contribution in [1.29, 1.82) is 0 Å². The van der Waals surface area contributed by atoms with E-state index < -0.39 is 0 Å². The molecule has 1 atom stereocenters. The van der Waals surface area contributed by atoms with Crippen LogP contribution in [0.4, 0.5) is 0 Å². The van der Waals surface area contributed by atoms with Crippen LogP contribution in [0.2, 0.25) is 0 Å². The van der Waals surface area contributed by atoms with E-state index in [2.05, 4.69) is 6.58 Å². The Morgan fingerprint density at radius 3 is 2.21 bits per heavy atom. The topological polar surface area (TPSA) is 35.2 Å². The molecule has 0 aliphatic carbocycles. The quantitative estimate of drug-likeness (QED) is 0.745. The van der Waals surface area contributed by atoms with Gasteiger partial charge in [0.05, 0.1) is 7.11 Å². The average molecular weight is 191 g/mol. The number of ether oxygens (including phenoxy) is 1. The zero-order valence-corrected chi connectivity index (χ0v) is 9.00. The van der Waals surface area contributed by atoms with Crippen LogP contribution in [0, 0.1) is 13.8 Å². The van der Waals surface area contributed by atoms with Crippen molar-refractivity contribution < 1.29 is 4.74 Å². The second kappa shape index (κ2) is 4.29. The summed E-state index contributed by atoms with van der Waals surface area (Å²) in [6.45, 7) is 7.72. The molecule has 76 valence electrons. The van der Waals surface area contributed by atoms with Gasteiger partial charge < -0.3 is 10.5 Å². The van der Waals surface area contributed by atoms with Crippen LogP contribution in [0.15, 0.2) is 24.8 Å². The lowest BCUT2D eigenvalue weighted by Gasteiger charge is -2.13. The Balaban J connectivity index is 3.20. The predicted molar refractivity (Wildman–Crippen MR) is 59.6 cm³/mol. The molecule has 2 nitrogen and oxygen atoms in total. The molecule has 0 saturated carbocycles. The van der Waals surface area contributed by atoms with Crippen LogP contribution in [0.25, 0.3) is 0 Å². The Morgan fingerprint density at radius 1 is 1.36 bits per heavy atom. The number of nitrogens with two attached hydrogens (primary N) is 1. The Kier molecular flexibility index (Phi) is 3.31. The molecule has 1 rings (SSSR count).